The average Bonchev–Trinajstić information content (AvgIpc) is 3.65. The quantitative estimate of drug-likeness (QED) is 0.454. The average molecular weight is 421 g/mol. The molecule has 0 radical (unpaired) electrons. The number of pyridine rings is 1. The van der Waals surface area contributed by atoms with E-state index in [4.69, 9.17) is 0 Å². The number of amides is 1. The summed E-state index contributed by atoms with van der Waals surface area (Å²) in [4.78, 5) is 29.5. The van der Waals surface area contributed by atoms with Crippen LogP contribution in [0.2, 0.25) is 0 Å². The molecule has 2 unspecified atom stereocenters. The SMILES string of the molecule is O=C(NCc1ccncc1)c1cccc(C2CC2C(=O)Cc2ccc3ccccc3c2)c1. The Balaban J connectivity index is 1.21. The van der Waals surface area contributed by atoms with Crippen molar-refractivity contribution in [2.45, 2.75) is 25.3 Å². The van der Waals surface area contributed by atoms with Crippen LogP contribution in [-0.4, -0.2) is 16.7 Å². The maximum Gasteiger partial charge on any atom is 0.251 e. The van der Waals surface area contributed by atoms with Gasteiger partial charge in [0.2, 0.25) is 0 Å². The van der Waals surface area contributed by atoms with Gasteiger partial charge in [0.05, 0.1) is 0 Å². The second-order valence-electron chi connectivity index (χ2n) is 8.44. The van der Waals surface area contributed by atoms with Crippen molar-refractivity contribution >= 4 is 22.5 Å². The number of Topliss-reactive ketones (excluding diaryl/α,β-unsaturated/α-hetero) is 1. The molecule has 4 heteroatoms. The summed E-state index contributed by atoms with van der Waals surface area (Å²) in [6, 6.07) is 25.9. The Labute approximate surface area is 187 Å². The summed E-state index contributed by atoms with van der Waals surface area (Å²) < 4.78 is 0. The smallest absolute Gasteiger partial charge is 0.251 e. The minimum Gasteiger partial charge on any atom is -0.348 e. The third-order valence-corrected chi connectivity index (χ3v) is 6.18. The van der Waals surface area contributed by atoms with E-state index in [1.54, 1.807) is 12.4 Å². The number of nitrogens with zero attached hydrogens (tertiary/aromatic N) is 1. The molecule has 2 atom stereocenters. The summed E-state index contributed by atoms with van der Waals surface area (Å²) in [5, 5.41) is 5.30. The first-order valence-corrected chi connectivity index (χ1v) is 10.9. The van der Waals surface area contributed by atoms with Gasteiger partial charge in [-0.25, -0.2) is 0 Å². The lowest BCUT2D eigenvalue weighted by molar-refractivity contribution is -0.119. The summed E-state index contributed by atoms with van der Waals surface area (Å²) in [5.74, 6) is 0.411. The van der Waals surface area contributed by atoms with Crippen molar-refractivity contribution in [2.75, 3.05) is 0 Å². The van der Waals surface area contributed by atoms with E-state index in [2.05, 4.69) is 34.6 Å². The number of carbonyl (C=O) groups excluding carboxylic acids is 2. The molecule has 1 saturated carbocycles. The summed E-state index contributed by atoms with van der Waals surface area (Å²) in [5.41, 5.74) is 3.76. The molecule has 0 bridgehead atoms. The first-order valence-electron chi connectivity index (χ1n) is 10.9. The predicted octanol–water partition coefficient (Wildman–Crippen LogP) is 5.08. The fourth-order valence-electron chi connectivity index (χ4n) is 4.30. The number of aromatic nitrogens is 1. The molecule has 158 valence electrons. The zero-order valence-electron chi connectivity index (χ0n) is 17.7. The Kier molecular flexibility index (Phi) is 5.51. The first kappa shape index (κ1) is 20.1. The zero-order valence-corrected chi connectivity index (χ0v) is 17.7. The standard InChI is InChI=1S/C28H24N2O2/c31-27(15-20-8-9-21-4-1-2-5-22(21)14-20)26-17-25(26)23-6-3-7-24(16-23)28(32)30-18-19-10-12-29-13-11-19/h1-14,16,25-26H,15,17-18H2,(H,30,32). The van der Waals surface area contributed by atoms with Crippen LogP contribution in [0.4, 0.5) is 0 Å². The van der Waals surface area contributed by atoms with Crippen LogP contribution in [-0.2, 0) is 17.8 Å². The van der Waals surface area contributed by atoms with E-state index in [1.807, 2.05) is 54.6 Å². The minimum atomic E-state index is -0.108. The highest BCUT2D eigenvalue weighted by Crippen LogP contribution is 2.48. The third-order valence-electron chi connectivity index (χ3n) is 6.18. The second-order valence-corrected chi connectivity index (χ2v) is 8.44. The maximum atomic E-state index is 12.9. The molecule has 1 fully saturated rings. The molecule has 5 rings (SSSR count). The van der Waals surface area contributed by atoms with Gasteiger partial charge in [0.1, 0.15) is 5.78 Å². The van der Waals surface area contributed by atoms with Crippen molar-refractivity contribution < 1.29 is 9.59 Å². The minimum absolute atomic E-state index is 0.0385. The molecule has 4 nitrogen and oxygen atoms in total. The number of carbonyl (C=O) groups is 2. The molecule has 1 aliphatic rings. The van der Waals surface area contributed by atoms with Gasteiger partial charge in [-0.2, -0.15) is 0 Å². The molecule has 0 spiro atoms. The van der Waals surface area contributed by atoms with Gasteiger partial charge >= 0.3 is 0 Å². The third kappa shape index (κ3) is 4.45. The van der Waals surface area contributed by atoms with E-state index < -0.39 is 0 Å². The van der Waals surface area contributed by atoms with Crippen molar-refractivity contribution in [2.24, 2.45) is 5.92 Å². The molecule has 1 aliphatic carbocycles. The largest absolute Gasteiger partial charge is 0.348 e. The lowest BCUT2D eigenvalue weighted by Gasteiger charge is -2.07. The van der Waals surface area contributed by atoms with Gasteiger partial charge in [0.25, 0.3) is 5.91 Å². The molecule has 32 heavy (non-hydrogen) atoms. The lowest BCUT2D eigenvalue weighted by Crippen LogP contribution is -2.22. The summed E-state index contributed by atoms with van der Waals surface area (Å²) in [6.07, 6.45) is 4.74. The monoisotopic (exact) mass is 420 g/mol. The highest BCUT2D eigenvalue weighted by Gasteiger charge is 2.43. The van der Waals surface area contributed by atoms with Crippen molar-refractivity contribution in [3.8, 4) is 0 Å². The van der Waals surface area contributed by atoms with Gasteiger partial charge in [-0.3, -0.25) is 14.6 Å². The number of hydrogen-bond donors (Lipinski definition) is 1. The van der Waals surface area contributed by atoms with Crippen molar-refractivity contribution in [3.63, 3.8) is 0 Å². The molecule has 4 aromatic rings. The number of benzene rings is 3. The normalized spacial score (nSPS) is 17.1. The van der Waals surface area contributed by atoms with Crippen LogP contribution < -0.4 is 5.32 Å². The molecule has 1 aromatic heterocycles. The number of nitrogens with one attached hydrogen (secondary N) is 1. The number of rotatable bonds is 7. The molecule has 1 heterocycles. The van der Waals surface area contributed by atoms with E-state index in [0.29, 0.717) is 18.5 Å². The topological polar surface area (TPSA) is 59.1 Å². The Hall–Kier alpha value is -3.79. The molecule has 0 aliphatic heterocycles. The van der Waals surface area contributed by atoms with Crippen LogP contribution >= 0.6 is 0 Å². The zero-order chi connectivity index (χ0) is 21.9. The number of fused-ring (bicyclic) bond motifs is 1. The van der Waals surface area contributed by atoms with Gasteiger partial charge in [-0.1, -0.05) is 54.6 Å². The van der Waals surface area contributed by atoms with Crippen LogP contribution in [0.1, 0.15) is 39.4 Å². The van der Waals surface area contributed by atoms with E-state index >= 15 is 0 Å². The van der Waals surface area contributed by atoms with Gasteiger partial charge in [0, 0.05) is 36.8 Å². The maximum absolute atomic E-state index is 12.9. The van der Waals surface area contributed by atoms with Crippen LogP contribution in [0.25, 0.3) is 10.8 Å². The molecule has 1 amide bonds. The second kappa shape index (κ2) is 8.75. The lowest BCUT2D eigenvalue weighted by atomic mass is 9.99. The summed E-state index contributed by atoms with van der Waals surface area (Å²) >= 11 is 0. The van der Waals surface area contributed by atoms with E-state index in [9.17, 15) is 9.59 Å². The van der Waals surface area contributed by atoms with Crippen LogP contribution in [0.5, 0.6) is 0 Å². The van der Waals surface area contributed by atoms with E-state index in [-0.39, 0.29) is 23.5 Å². The molecule has 0 saturated heterocycles. The molecular formula is C28H24N2O2. The Morgan fingerprint density at radius 3 is 2.50 bits per heavy atom. The van der Waals surface area contributed by atoms with Crippen LogP contribution in [0.3, 0.4) is 0 Å². The van der Waals surface area contributed by atoms with E-state index in [0.717, 1.165) is 28.5 Å². The van der Waals surface area contributed by atoms with Crippen LogP contribution in [0.15, 0.2) is 91.3 Å². The highest BCUT2D eigenvalue weighted by atomic mass is 16.1. The predicted molar refractivity (Wildman–Crippen MR) is 125 cm³/mol. The van der Waals surface area contributed by atoms with Gasteiger partial charge < -0.3 is 5.32 Å². The van der Waals surface area contributed by atoms with Gasteiger partial charge in [-0.15, -0.1) is 0 Å². The Morgan fingerprint density at radius 2 is 1.66 bits per heavy atom. The summed E-state index contributed by atoms with van der Waals surface area (Å²) in [7, 11) is 0. The van der Waals surface area contributed by atoms with Crippen molar-refractivity contribution in [3.05, 3.63) is 114 Å². The highest BCUT2D eigenvalue weighted by molar-refractivity contribution is 5.94. The van der Waals surface area contributed by atoms with Gasteiger partial charge in [-0.05, 0) is 64.1 Å². The molecule has 3 aromatic carbocycles. The number of ketones is 1. The van der Waals surface area contributed by atoms with E-state index in [1.165, 1.54) is 5.39 Å². The fraction of sp³-hybridized carbons (Fsp3) is 0.179. The van der Waals surface area contributed by atoms with Crippen molar-refractivity contribution in [1.29, 1.82) is 0 Å². The van der Waals surface area contributed by atoms with Gasteiger partial charge in [0.15, 0.2) is 0 Å². The summed E-state index contributed by atoms with van der Waals surface area (Å²) in [6.45, 7) is 0.460. The Morgan fingerprint density at radius 1 is 0.844 bits per heavy atom. The number of hydrogen-bond acceptors (Lipinski definition) is 3. The first-order chi connectivity index (χ1) is 15.7. The Bertz CT molecular complexity index is 1280. The molecular weight excluding hydrogens is 396 g/mol. The fourth-order valence-corrected chi connectivity index (χ4v) is 4.30. The molecule has 1 N–H and O–H groups in total. The van der Waals surface area contributed by atoms with Crippen molar-refractivity contribution in [1.82, 2.24) is 10.3 Å². The van der Waals surface area contributed by atoms with Crippen LogP contribution in [0, 0.1) is 5.92 Å².